The van der Waals surface area contributed by atoms with E-state index >= 15 is 0 Å². The highest BCUT2D eigenvalue weighted by atomic mass is 32.2. The number of hydrogen-bond acceptors (Lipinski definition) is 2. The van der Waals surface area contributed by atoms with Crippen LogP contribution in [-0.4, -0.2) is 12.8 Å². The van der Waals surface area contributed by atoms with Crippen LogP contribution in [0.3, 0.4) is 0 Å². The van der Waals surface area contributed by atoms with Gasteiger partial charge in [-0.3, -0.25) is 0 Å². The molecule has 1 nitrogen and oxygen atoms in total. The van der Waals surface area contributed by atoms with Crippen LogP contribution in [0.5, 0.6) is 0 Å². The molecule has 0 aromatic heterocycles. The van der Waals surface area contributed by atoms with Gasteiger partial charge >= 0.3 is 0 Å². The molecule has 0 saturated heterocycles. The van der Waals surface area contributed by atoms with Gasteiger partial charge in [-0.1, -0.05) is 31.2 Å². The van der Waals surface area contributed by atoms with Crippen LogP contribution in [0, 0.1) is 5.82 Å². The minimum absolute atomic E-state index is 0.185. The summed E-state index contributed by atoms with van der Waals surface area (Å²) in [4.78, 5) is 1.09. The molecule has 1 N–H and O–H groups in total. The molecule has 0 fully saturated rings. The maximum absolute atomic E-state index is 12.9. The largest absolute Gasteiger partial charge is 0.312 e. The molecular formula is C17H20FNS. The summed E-state index contributed by atoms with van der Waals surface area (Å²) in [6.07, 6.45) is 1.06. The molecule has 2 aromatic carbocycles. The first-order chi connectivity index (χ1) is 9.72. The predicted molar refractivity (Wildman–Crippen MR) is 84.7 cm³/mol. The van der Waals surface area contributed by atoms with Gasteiger partial charge in [0.2, 0.25) is 0 Å². The third-order valence-corrected chi connectivity index (χ3v) is 4.47. The summed E-state index contributed by atoms with van der Waals surface area (Å²) in [6.45, 7) is 2.16. The van der Waals surface area contributed by atoms with Crippen LogP contribution < -0.4 is 5.32 Å². The van der Waals surface area contributed by atoms with Crippen molar-refractivity contribution in [3.8, 4) is 0 Å². The second-order valence-electron chi connectivity index (χ2n) is 4.70. The van der Waals surface area contributed by atoms with Crippen molar-refractivity contribution in [3.63, 3.8) is 0 Å². The molecule has 0 aliphatic rings. The van der Waals surface area contributed by atoms with Crippen LogP contribution in [0.4, 0.5) is 4.39 Å². The zero-order valence-electron chi connectivity index (χ0n) is 11.9. The lowest BCUT2D eigenvalue weighted by Crippen LogP contribution is -2.18. The zero-order chi connectivity index (χ0) is 14.4. The maximum atomic E-state index is 12.9. The molecule has 0 saturated carbocycles. The third-order valence-electron chi connectivity index (χ3n) is 3.37. The van der Waals surface area contributed by atoms with Gasteiger partial charge in [-0.15, -0.1) is 11.8 Å². The highest BCUT2D eigenvalue weighted by Gasteiger charge is 2.09. The fourth-order valence-electron chi connectivity index (χ4n) is 2.04. The molecule has 106 valence electrons. The van der Waals surface area contributed by atoms with E-state index in [1.54, 1.807) is 11.8 Å². The lowest BCUT2D eigenvalue weighted by atomic mass is 10.1. The van der Waals surface area contributed by atoms with Crippen molar-refractivity contribution in [2.45, 2.75) is 24.3 Å². The Morgan fingerprint density at radius 3 is 2.25 bits per heavy atom. The van der Waals surface area contributed by atoms with Gasteiger partial charge in [0.25, 0.3) is 0 Å². The predicted octanol–water partition coefficient (Wildman–Crippen LogP) is 4.44. The average Bonchev–Trinajstić information content (AvgIpc) is 2.50. The second-order valence-corrected chi connectivity index (χ2v) is 5.79. The Bertz CT molecular complexity index is 522. The molecule has 0 aliphatic heterocycles. The Morgan fingerprint density at radius 2 is 1.70 bits per heavy atom. The summed E-state index contributed by atoms with van der Waals surface area (Å²) in [7, 11) is 1.98. The number of thioether (sulfide) groups is 1. The van der Waals surface area contributed by atoms with Crippen LogP contribution in [0.1, 0.15) is 24.1 Å². The molecular weight excluding hydrogens is 269 g/mol. The van der Waals surface area contributed by atoms with E-state index in [0.717, 1.165) is 17.1 Å². The fourth-order valence-corrected chi connectivity index (χ4v) is 3.09. The number of nitrogens with one attached hydrogen (secondary N) is 1. The molecule has 0 aliphatic carbocycles. The van der Waals surface area contributed by atoms with E-state index in [0.29, 0.717) is 6.04 Å². The standard InChI is InChI=1S/C17H20FNS/c1-3-13-4-6-14(7-5-13)17(19-2)12-20-16-10-8-15(18)9-11-16/h4-11,17,19H,3,12H2,1-2H3. The molecule has 2 aromatic rings. The van der Waals surface area contributed by atoms with Crippen molar-refractivity contribution < 1.29 is 4.39 Å². The van der Waals surface area contributed by atoms with Gasteiger partial charge in [0.05, 0.1) is 0 Å². The second kappa shape index (κ2) is 7.46. The van der Waals surface area contributed by atoms with Crippen molar-refractivity contribution in [2.75, 3.05) is 12.8 Å². The van der Waals surface area contributed by atoms with Crippen LogP contribution in [0.25, 0.3) is 0 Å². The molecule has 0 spiro atoms. The van der Waals surface area contributed by atoms with Crippen molar-refractivity contribution in [2.24, 2.45) is 0 Å². The van der Waals surface area contributed by atoms with E-state index in [9.17, 15) is 4.39 Å². The van der Waals surface area contributed by atoms with Gasteiger partial charge in [0.1, 0.15) is 5.82 Å². The third kappa shape index (κ3) is 4.09. The average molecular weight is 289 g/mol. The van der Waals surface area contributed by atoms with Gasteiger partial charge in [-0.05, 0) is 48.9 Å². The van der Waals surface area contributed by atoms with E-state index in [2.05, 4.69) is 36.5 Å². The first-order valence-electron chi connectivity index (χ1n) is 6.87. The molecule has 0 bridgehead atoms. The molecule has 2 rings (SSSR count). The van der Waals surface area contributed by atoms with Crippen molar-refractivity contribution in [1.29, 1.82) is 0 Å². The quantitative estimate of drug-likeness (QED) is 0.789. The van der Waals surface area contributed by atoms with E-state index in [4.69, 9.17) is 0 Å². The lowest BCUT2D eigenvalue weighted by Gasteiger charge is -2.16. The SMILES string of the molecule is CCc1ccc(C(CSc2ccc(F)cc2)NC)cc1. The number of aryl methyl sites for hydroxylation is 1. The Kier molecular flexibility index (Phi) is 5.62. The molecule has 1 unspecified atom stereocenters. The fraction of sp³-hybridized carbons (Fsp3) is 0.294. The zero-order valence-corrected chi connectivity index (χ0v) is 12.7. The van der Waals surface area contributed by atoms with Crippen molar-refractivity contribution in [3.05, 3.63) is 65.5 Å². The number of rotatable bonds is 6. The Labute approximate surface area is 124 Å². The molecule has 0 heterocycles. The first-order valence-corrected chi connectivity index (χ1v) is 7.86. The van der Waals surface area contributed by atoms with Gasteiger partial charge in [-0.2, -0.15) is 0 Å². The summed E-state index contributed by atoms with van der Waals surface area (Å²) >= 11 is 1.74. The molecule has 3 heteroatoms. The summed E-state index contributed by atoms with van der Waals surface area (Å²) in [5.74, 6) is 0.739. The Hall–Kier alpha value is -1.32. The molecule has 0 radical (unpaired) electrons. The Morgan fingerprint density at radius 1 is 1.05 bits per heavy atom. The molecule has 1 atom stereocenters. The highest BCUT2D eigenvalue weighted by molar-refractivity contribution is 7.99. The van der Waals surface area contributed by atoms with Crippen LogP contribution >= 0.6 is 11.8 Å². The van der Waals surface area contributed by atoms with E-state index in [1.807, 2.05) is 19.2 Å². The van der Waals surface area contributed by atoms with E-state index < -0.39 is 0 Å². The van der Waals surface area contributed by atoms with Crippen molar-refractivity contribution in [1.82, 2.24) is 5.32 Å². The molecule has 20 heavy (non-hydrogen) atoms. The normalized spacial score (nSPS) is 12.3. The first kappa shape index (κ1) is 15.1. The van der Waals surface area contributed by atoms with Crippen LogP contribution in [0.2, 0.25) is 0 Å². The smallest absolute Gasteiger partial charge is 0.123 e. The number of hydrogen-bond donors (Lipinski definition) is 1. The summed E-state index contributed by atoms with van der Waals surface area (Å²) < 4.78 is 12.9. The van der Waals surface area contributed by atoms with E-state index in [-0.39, 0.29) is 5.82 Å². The Balaban J connectivity index is 1.99. The van der Waals surface area contributed by atoms with Gasteiger partial charge in [0.15, 0.2) is 0 Å². The topological polar surface area (TPSA) is 12.0 Å². The summed E-state index contributed by atoms with van der Waals surface area (Å²) in [6, 6.07) is 15.7. The minimum atomic E-state index is -0.185. The summed E-state index contributed by atoms with van der Waals surface area (Å²) in [5.41, 5.74) is 2.65. The number of halogens is 1. The van der Waals surface area contributed by atoms with Gasteiger partial charge < -0.3 is 5.32 Å². The minimum Gasteiger partial charge on any atom is -0.312 e. The van der Waals surface area contributed by atoms with Crippen molar-refractivity contribution >= 4 is 11.8 Å². The maximum Gasteiger partial charge on any atom is 0.123 e. The highest BCUT2D eigenvalue weighted by Crippen LogP contribution is 2.25. The van der Waals surface area contributed by atoms with Crippen LogP contribution in [-0.2, 0) is 6.42 Å². The number of benzene rings is 2. The van der Waals surface area contributed by atoms with Gasteiger partial charge in [0, 0.05) is 16.7 Å². The summed E-state index contributed by atoms with van der Waals surface area (Å²) in [5, 5.41) is 3.34. The van der Waals surface area contributed by atoms with Crippen LogP contribution in [0.15, 0.2) is 53.4 Å². The molecule has 0 amide bonds. The monoisotopic (exact) mass is 289 g/mol. The lowest BCUT2D eigenvalue weighted by molar-refractivity contribution is 0.626. The van der Waals surface area contributed by atoms with E-state index in [1.165, 1.54) is 23.3 Å². The van der Waals surface area contributed by atoms with Gasteiger partial charge in [-0.25, -0.2) is 4.39 Å².